The lowest BCUT2D eigenvalue weighted by atomic mass is 10.0. The summed E-state index contributed by atoms with van der Waals surface area (Å²) in [6, 6.07) is 25.9. The van der Waals surface area contributed by atoms with Gasteiger partial charge in [-0.05, 0) is 37.1 Å². The molecule has 1 heterocycles. The number of benzene rings is 3. The lowest BCUT2D eigenvalue weighted by Crippen LogP contribution is -1.92. The van der Waals surface area contributed by atoms with Gasteiger partial charge in [-0.2, -0.15) is 4.99 Å². The zero-order chi connectivity index (χ0) is 17.9. The highest BCUT2D eigenvalue weighted by atomic mass is 16.5. The highest BCUT2D eigenvalue weighted by Gasteiger charge is 2.19. The summed E-state index contributed by atoms with van der Waals surface area (Å²) in [7, 11) is 0. The SMILES string of the molecule is Cc1ccccc1-c1oc(=Nc2ccccc2)oc1-c1ccccc1C. The Balaban J connectivity index is 1.96. The summed E-state index contributed by atoms with van der Waals surface area (Å²) in [6.45, 7) is 4.13. The molecule has 0 fully saturated rings. The van der Waals surface area contributed by atoms with Gasteiger partial charge in [0.15, 0.2) is 11.5 Å². The van der Waals surface area contributed by atoms with Crippen molar-refractivity contribution in [3.05, 3.63) is 95.7 Å². The summed E-state index contributed by atoms with van der Waals surface area (Å²) in [6.07, 6.45) is 0. The van der Waals surface area contributed by atoms with E-state index in [1.54, 1.807) is 0 Å². The monoisotopic (exact) mass is 341 g/mol. The zero-order valence-corrected chi connectivity index (χ0v) is 14.8. The van der Waals surface area contributed by atoms with Gasteiger partial charge < -0.3 is 8.83 Å². The van der Waals surface area contributed by atoms with Gasteiger partial charge in [0.25, 0.3) is 0 Å². The molecule has 128 valence electrons. The summed E-state index contributed by atoms with van der Waals surface area (Å²) >= 11 is 0. The summed E-state index contributed by atoms with van der Waals surface area (Å²) in [4.78, 5) is 4.50. The molecule has 0 N–H and O–H groups in total. The van der Waals surface area contributed by atoms with Gasteiger partial charge in [-0.3, -0.25) is 0 Å². The molecule has 0 spiro atoms. The van der Waals surface area contributed by atoms with Crippen molar-refractivity contribution in [1.29, 1.82) is 0 Å². The molecule has 0 radical (unpaired) electrons. The van der Waals surface area contributed by atoms with Gasteiger partial charge in [0.05, 0.1) is 5.69 Å². The first kappa shape index (κ1) is 16.2. The molecule has 4 rings (SSSR count). The van der Waals surface area contributed by atoms with E-state index < -0.39 is 0 Å². The van der Waals surface area contributed by atoms with Crippen LogP contribution in [0.1, 0.15) is 11.1 Å². The van der Waals surface area contributed by atoms with E-state index in [9.17, 15) is 0 Å². The van der Waals surface area contributed by atoms with Crippen LogP contribution in [0.15, 0.2) is 92.7 Å². The van der Waals surface area contributed by atoms with Crippen molar-refractivity contribution in [2.75, 3.05) is 0 Å². The van der Waals surface area contributed by atoms with Crippen LogP contribution in [0.3, 0.4) is 0 Å². The Kier molecular flexibility index (Phi) is 4.28. The maximum absolute atomic E-state index is 6.06. The van der Waals surface area contributed by atoms with E-state index in [0.717, 1.165) is 27.9 Å². The van der Waals surface area contributed by atoms with Crippen LogP contribution in [0, 0.1) is 13.8 Å². The second kappa shape index (κ2) is 6.89. The molecule has 0 bridgehead atoms. The minimum Gasteiger partial charge on any atom is -0.406 e. The quantitative estimate of drug-likeness (QED) is 0.454. The predicted molar refractivity (Wildman–Crippen MR) is 103 cm³/mol. The third-order valence-electron chi connectivity index (χ3n) is 4.34. The first-order valence-corrected chi connectivity index (χ1v) is 8.58. The van der Waals surface area contributed by atoms with Crippen molar-refractivity contribution in [1.82, 2.24) is 0 Å². The van der Waals surface area contributed by atoms with E-state index in [4.69, 9.17) is 8.83 Å². The third kappa shape index (κ3) is 3.11. The third-order valence-corrected chi connectivity index (χ3v) is 4.34. The molecule has 0 amide bonds. The normalized spacial score (nSPS) is 10.7. The summed E-state index contributed by atoms with van der Waals surface area (Å²) in [5.41, 5.74) is 5.04. The number of rotatable bonds is 3. The Morgan fingerprint density at radius 3 is 1.54 bits per heavy atom. The first-order valence-electron chi connectivity index (χ1n) is 8.58. The summed E-state index contributed by atoms with van der Waals surface area (Å²) in [5, 5.41) is 0. The van der Waals surface area contributed by atoms with Crippen LogP contribution < -0.4 is 5.75 Å². The van der Waals surface area contributed by atoms with Crippen LogP contribution >= 0.6 is 0 Å². The van der Waals surface area contributed by atoms with Crippen molar-refractivity contribution < 1.29 is 8.83 Å². The molecular formula is C23H19NO2. The second-order valence-corrected chi connectivity index (χ2v) is 6.21. The van der Waals surface area contributed by atoms with Gasteiger partial charge in [-0.15, -0.1) is 0 Å². The van der Waals surface area contributed by atoms with Crippen molar-refractivity contribution >= 4 is 5.69 Å². The van der Waals surface area contributed by atoms with Crippen LogP contribution in [0.2, 0.25) is 0 Å². The van der Waals surface area contributed by atoms with Gasteiger partial charge in [-0.25, -0.2) is 0 Å². The van der Waals surface area contributed by atoms with Crippen molar-refractivity contribution in [3.63, 3.8) is 0 Å². The lowest BCUT2D eigenvalue weighted by Gasteiger charge is -2.05. The highest BCUT2D eigenvalue weighted by Crippen LogP contribution is 2.34. The molecule has 0 atom stereocenters. The number of aryl methyl sites for hydroxylation is 2. The van der Waals surface area contributed by atoms with Crippen molar-refractivity contribution in [2.45, 2.75) is 13.8 Å². The molecule has 3 nitrogen and oxygen atoms in total. The minimum absolute atomic E-state index is 0.243. The highest BCUT2D eigenvalue weighted by molar-refractivity contribution is 5.78. The topological polar surface area (TPSA) is 38.6 Å². The van der Waals surface area contributed by atoms with E-state index in [2.05, 4.69) is 31.0 Å². The molecule has 3 aromatic carbocycles. The molecule has 3 heteroatoms. The standard InChI is InChI=1S/C23H19NO2/c1-16-10-6-8-14-19(16)21-22(20-15-9-7-11-17(20)2)26-23(25-21)24-18-12-4-3-5-13-18/h3-15H,1-2H3. The van der Waals surface area contributed by atoms with E-state index in [-0.39, 0.29) is 5.75 Å². The lowest BCUT2D eigenvalue weighted by molar-refractivity contribution is 0.376. The fourth-order valence-corrected chi connectivity index (χ4v) is 2.95. The fraction of sp³-hybridized carbons (Fsp3) is 0.0870. The molecule has 26 heavy (non-hydrogen) atoms. The average Bonchev–Trinajstić information content (AvgIpc) is 3.06. The molecule has 0 aliphatic heterocycles. The Bertz CT molecular complexity index is 1040. The second-order valence-electron chi connectivity index (χ2n) is 6.21. The molecule has 0 aliphatic rings. The molecule has 0 saturated carbocycles. The molecule has 1 aromatic heterocycles. The van der Waals surface area contributed by atoms with Crippen LogP contribution in [0.5, 0.6) is 0 Å². The zero-order valence-electron chi connectivity index (χ0n) is 14.8. The number of hydrogen-bond acceptors (Lipinski definition) is 3. The van der Waals surface area contributed by atoms with Crippen molar-refractivity contribution in [3.8, 4) is 22.6 Å². The molecular weight excluding hydrogens is 322 g/mol. The van der Waals surface area contributed by atoms with Crippen LogP contribution in [0.4, 0.5) is 5.69 Å². The van der Waals surface area contributed by atoms with Gasteiger partial charge in [-0.1, -0.05) is 66.7 Å². The molecule has 0 saturated heterocycles. The van der Waals surface area contributed by atoms with E-state index in [1.165, 1.54) is 0 Å². The molecule has 4 aromatic rings. The maximum atomic E-state index is 6.06. The number of nitrogens with zero attached hydrogens (tertiary/aromatic N) is 1. The largest absolute Gasteiger partial charge is 0.406 e. The maximum Gasteiger partial charge on any atom is 0.400 e. The smallest absolute Gasteiger partial charge is 0.400 e. The van der Waals surface area contributed by atoms with E-state index >= 15 is 0 Å². The Hall–Kier alpha value is -3.33. The van der Waals surface area contributed by atoms with Gasteiger partial charge in [0, 0.05) is 11.1 Å². The minimum atomic E-state index is 0.243. The van der Waals surface area contributed by atoms with Crippen LogP contribution in [0.25, 0.3) is 22.6 Å². The van der Waals surface area contributed by atoms with Crippen molar-refractivity contribution in [2.24, 2.45) is 4.99 Å². The Morgan fingerprint density at radius 2 is 1.04 bits per heavy atom. The summed E-state index contributed by atoms with van der Waals surface area (Å²) < 4.78 is 12.1. The molecule has 0 aliphatic carbocycles. The predicted octanol–water partition coefficient (Wildman–Crippen LogP) is 6.06. The Labute approximate surface area is 152 Å². The average molecular weight is 341 g/mol. The van der Waals surface area contributed by atoms with Gasteiger partial charge in [0.1, 0.15) is 0 Å². The van der Waals surface area contributed by atoms with Gasteiger partial charge in [0.2, 0.25) is 0 Å². The van der Waals surface area contributed by atoms with Gasteiger partial charge >= 0.3 is 5.75 Å². The first-order chi connectivity index (χ1) is 12.7. The van der Waals surface area contributed by atoms with E-state index in [1.807, 2.05) is 66.7 Å². The molecule has 0 unspecified atom stereocenters. The number of para-hydroxylation sites is 1. The fourth-order valence-electron chi connectivity index (χ4n) is 2.95. The Morgan fingerprint density at radius 1 is 0.577 bits per heavy atom. The summed E-state index contributed by atoms with van der Waals surface area (Å²) in [5.74, 6) is 1.65. The number of hydrogen-bond donors (Lipinski definition) is 0. The van der Waals surface area contributed by atoms with Crippen LogP contribution in [-0.2, 0) is 0 Å². The van der Waals surface area contributed by atoms with Crippen LogP contribution in [-0.4, -0.2) is 0 Å². The van der Waals surface area contributed by atoms with E-state index in [0.29, 0.717) is 11.5 Å².